The smallest absolute Gasteiger partial charge is 0.222 e. The SMILES string of the molecule is CSc1ccc(Oc2ccc(N[SH](=O)=O)cc2CC(C)C)cc1C. The molecular formula is C18H23NO3S2. The van der Waals surface area contributed by atoms with Gasteiger partial charge < -0.3 is 4.74 Å². The monoisotopic (exact) mass is 365 g/mol. The van der Waals surface area contributed by atoms with Crippen LogP contribution in [-0.4, -0.2) is 14.7 Å². The minimum Gasteiger partial charge on any atom is -0.457 e. The molecule has 0 spiro atoms. The average molecular weight is 366 g/mol. The van der Waals surface area contributed by atoms with Crippen molar-refractivity contribution in [2.75, 3.05) is 11.0 Å². The summed E-state index contributed by atoms with van der Waals surface area (Å²) in [7, 11) is -2.67. The molecule has 0 saturated carbocycles. The molecule has 24 heavy (non-hydrogen) atoms. The van der Waals surface area contributed by atoms with Crippen molar-refractivity contribution in [2.24, 2.45) is 5.92 Å². The Kier molecular flexibility index (Phi) is 6.57. The first-order valence-corrected chi connectivity index (χ1v) is 10.2. The minimum atomic E-state index is -2.67. The highest BCUT2D eigenvalue weighted by molar-refractivity contribution is 7.98. The van der Waals surface area contributed by atoms with E-state index in [0.29, 0.717) is 11.6 Å². The van der Waals surface area contributed by atoms with Gasteiger partial charge in [-0.25, -0.2) is 8.42 Å². The number of ether oxygens (including phenoxy) is 1. The first-order valence-electron chi connectivity index (χ1n) is 7.75. The lowest BCUT2D eigenvalue weighted by Gasteiger charge is -2.15. The summed E-state index contributed by atoms with van der Waals surface area (Å²) in [6, 6.07) is 11.4. The first kappa shape index (κ1) is 18.7. The lowest BCUT2D eigenvalue weighted by Crippen LogP contribution is -2.01. The maximum Gasteiger partial charge on any atom is 0.222 e. The van der Waals surface area contributed by atoms with Gasteiger partial charge in [-0.15, -0.1) is 11.8 Å². The molecule has 0 unspecified atom stereocenters. The highest BCUT2D eigenvalue weighted by atomic mass is 32.2. The van der Waals surface area contributed by atoms with Crippen molar-refractivity contribution in [3.8, 4) is 11.5 Å². The largest absolute Gasteiger partial charge is 0.457 e. The zero-order valence-corrected chi connectivity index (χ0v) is 16.0. The Morgan fingerprint density at radius 1 is 1.17 bits per heavy atom. The summed E-state index contributed by atoms with van der Waals surface area (Å²) < 4.78 is 30.2. The molecule has 0 fully saturated rings. The van der Waals surface area contributed by atoms with Crippen LogP contribution < -0.4 is 9.46 Å². The van der Waals surface area contributed by atoms with E-state index >= 15 is 0 Å². The minimum absolute atomic E-state index is 0.434. The number of thioether (sulfide) groups is 1. The average Bonchev–Trinajstić information content (AvgIpc) is 2.49. The van der Waals surface area contributed by atoms with Crippen LogP contribution in [0.25, 0.3) is 0 Å². The normalized spacial score (nSPS) is 11.1. The van der Waals surface area contributed by atoms with Gasteiger partial charge in [0, 0.05) is 10.6 Å². The Morgan fingerprint density at radius 2 is 1.92 bits per heavy atom. The van der Waals surface area contributed by atoms with Crippen LogP contribution >= 0.6 is 11.8 Å². The molecule has 2 rings (SSSR count). The standard InChI is InChI=1S/C18H23NO3S2/c1-12(2)9-14-11-15(19-24(20)21)5-7-17(14)22-16-6-8-18(23-4)13(3)10-16/h5-8,10-12,24H,9H2,1-4H3,(H,19,20,21). The second-order valence-electron chi connectivity index (χ2n) is 6.02. The van der Waals surface area contributed by atoms with E-state index in [4.69, 9.17) is 4.74 Å². The van der Waals surface area contributed by atoms with Crippen molar-refractivity contribution in [3.05, 3.63) is 47.5 Å². The van der Waals surface area contributed by atoms with E-state index in [2.05, 4.69) is 37.8 Å². The van der Waals surface area contributed by atoms with Gasteiger partial charge in [0.15, 0.2) is 0 Å². The number of thiol groups is 1. The molecule has 0 aliphatic carbocycles. The molecule has 0 aromatic heterocycles. The van der Waals surface area contributed by atoms with Crippen molar-refractivity contribution < 1.29 is 13.2 Å². The number of aryl methyl sites for hydroxylation is 1. The highest BCUT2D eigenvalue weighted by Crippen LogP contribution is 2.32. The molecule has 0 saturated heterocycles. The van der Waals surface area contributed by atoms with Gasteiger partial charge in [0.1, 0.15) is 11.5 Å². The molecule has 0 aliphatic rings. The van der Waals surface area contributed by atoms with E-state index in [9.17, 15) is 8.42 Å². The van der Waals surface area contributed by atoms with Crippen LogP contribution in [0.5, 0.6) is 11.5 Å². The maximum absolute atomic E-state index is 10.9. The van der Waals surface area contributed by atoms with Crippen LogP contribution in [0.1, 0.15) is 25.0 Å². The number of hydrogen-bond acceptors (Lipinski definition) is 4. The van der Waals surface area contributed by atoms with E-state index in [1.165, 1.54) is 10.5 Å². The zero-order chi connectivity index (χ0) is 17.7. The molecule has 130 valence electrons. The summed E-state index contributed by atoms with van der Waals surface area (Å²) >= 11 is 1.71. The van der Waals surface area contributed by atoms with E-state index in [0.717, 1.165) is 23.5 Å². The second kappa shape index (κ2) is 8.44. The van der Waals surface area contributed by atoms with Crippen LogP contribution in [-0.2, 0) is 17.3 Å². The lowest BCUT2D eigenvalue weighted by atomic mass is 10.0. The molecule has 2 aromatic carbocycles. The van der Waals surface area contributed by atoms with Crippen LogP contribution in [0, 0.1) is 12.8 Å². The third-order valence-electron chi connectivity index (χ3n) is 3.50. The van der Waals surface area contributed by atoms with Crippen molar-refractivity contribution in [3.63, 3.8) is 0 Å². The summed E-state index contributed by atoms with van der Waals surface area (Å²) in [6.45, 7) is 6.30. The van der Waals surface area contributed by atoms with Gasteiger partial charge in [-0.1, -0.05) is 13.8 Å². The van der Waals surface area contributed by atoms with Gasteiger partial charge >= 0.3 is 0 Å². The highest BCUT2D eigenvalue weighted by Gasteiger charge is 2.10. The molecular weight excluding hydrogens is 342 g/mol. The second-order valence-corrected chi connectivity index (χ2v) is 7.61. The Labute approximate surface area is 149 Å². The number of nitrogens with one attached hydrogen (secondary N) is 1. The van der Waals surface area contributed by atoms with Crippen molar-refractivity contribution in [1.29, 1.82) is 0 Å². The fraction of sp³-hybridized carbons (Fsp3) is 0.333. The molecule has 0 bridgehead atoms. The molecule has 6 heteroatoms. The van der Waals surface area contributed by atoms with Crippen LogP contribution in [0.2, 0.25) is 0 Å². The zero-order valence-electron chi connectivity index (χ0n) is 14.3. The summed E-state index contributed by atoms with van der Waals surface area (Å²) in [5, 5.41) is 0. The molecule has 0 atom stereocenters. The molecule has 2 aromatic rings. The Hall–Kier alpha value is -1.66. The van der Waals surface area contributed by atoms with Gasteiger partial charge in [-0.3, -0.25) is 4.72 Å². The molecule has 0 aliphatic heterocycles. The number of benzene rings is 2. The fourth-order valence-corrected chi connectivity index (χ4v) is 3.43. The lowest BCUT2D eigenvalue weighted by molar-refractivity contribution is 0.470. The predicted molar refractivity (Wildman–Crippen MR) is 102 cm³/mol. The summed E-state index contributed by atoms with van der Waals surface area (Å²) in [4.78, 5) is 1.23. The van der Waals surface area contributed by atoms with Crippen LogP contribution in [0.15, 0.2) is 41.3 Å². The van der Waals surface area contributed by atoms with Crippen LogP contribution in [0.4, 0.5) is 5.69 Å². The summed E-state index contributed by atoms with van der Waals surface area (Å²) in [5.74, 6) is 1.97. The fourth-order valence-electron chi connectivity index (χ4n) is 2.49. The van der Waals surface area contributed by atoms with Crippen molar-refractivity contribution in [2.45, 2.75) is 32.1 Å². The molecule has 0 amide bonds. The summed E-state index contributed by atoms with van der Waals surface area (Å²) in [5.41, 5.74) is 2.72. The van der Waals surface area contributed by atoms with Gasteiger partial charge in [-0.05, 0) is 73.0 Å². The van der Waals surface area contributed by atoms with Crippen LogP contribution in [0.3, 0.4) is 0 Å². The van der Waals surface area contributed by atoms with E-state index in [1.54, 1.807) is 17.8 Å². The van der Waals surface area contributed by atoms with Gasteiger partial charge in [0.2, 0.25) is 10.9 Å². The molecule has 1 N–H and O–H groups in total. The maximum atomic E-state index is 10.9. The predicted octanol–water partition coefficient (Wildman–Crippen LogP) is 4.65. The van der Waals surface area contributed by atoms with E-state index < -0.39 is 10.9 Å². The third kappa shape index (κ3) is 5.18. The number of rotatable bonds is 7. The molecule has 0 heterocycles. The topological polar surface area (TPSA) is 55.4 Å². The Bertz CT molecular complexity index is 778. The Morgan fingerprint density at radius 3 is 2.50 bits per heavy atom. The van der Waals surface area contributed by atoms with Gasteiger partial charge in [0.05, 0.1) is 0 Å². The Balaban J connectivity index is 2.32. The summed E-state index contributed by atoms with van der Waals surface area (Å²) in [6.07, 6.45) is 2.86. The third-order valence-corrected chi connectivity index (χ3v) is 4.84. The molecule has 4 nitrogen and oxygen atoms in total. The van der Waals surface area contributed by atoms with Crippen molar-refractivity contribution in [1.82, 2.24) is 0 Å². The first-order chi connectivity index (χ1) is 11.4. The number of anilines is 1. The van der Waals surface area contributed by atoms with Gasteiger partial charge in [0.25, 0.3) is 0 Å². The van der Waals surface area contributed by atoms with Crippen molar-refractivity contribution >= 4 is 28.3 Å². The van der Waals surface area contributed by atoms with E-state index in [1.807, 2.05) is 24.3 Å². The van der Waals surface area contributed by atoms with E-state index in [-0.39, 0.29) is 0 Å². The van der Waals surface area contributed by atoms with Gasteiger partial charge in [-0.2, -0.15) is 0 Å². The molecule has 0 radical (unpaired) electrons. The number of hydrogen-bond donors (Lipinski definition) is 2. The quantitative estimate of drug-likeness (QED) is 0.554.